The summed E-state index contributed by atoms with van der Waals surface area (Å²) in [5.41, 5.74) is 0.0984. The number of para-hydroxylation sites is 1. The molecule has 1 atom stereocenters. The minimum Gasteiger partial charge on any atom is -0.487 e. The highest BCUT2D eigenvalue weighted by molar-refractivity contribution is 5.71. The number of nitro benzene ring substituents is 1. The van der Waals surface area contributed by atoms with E-state index in [1.165, 1.54) is 6.07 Å². The van der Waals surface area contributed by atoms with Gasteiger partial charge >= 0.3 is 11.7 Å². The number of nitrogens with zero attached hydrogens (tertiary/aromatic N) is 1. The molecule has 7 nitrogen and oxygen atoms in total. The van der Waals surface area contributed by atoms with E-state index in [0.29, 0.717) is 6.61 Å². The van der Waals surface area contributed by atoms with Crippen molar-refractivity contribution >= 4 is 17.3 Å². The molecule has 0 bridgehead atoms. The van der Waals surface area contributed by atoms with Gasteiger partial charge in [0.05, 0.1) is 18.0 Å². The maximum atomic E-state index is 11.3. The van der Waals surface area contributed by atoms with Gasteiger partial charge in [-0.1, -0.05) is 19.9 Å². The summed E-state index contributed by atoms with van der Waals surface area (Å²) in [6, 6.07) is 4.31. The van der Waals surface area contributed by atoms with Gasteiger partial charge in [0.25, 0.3) is 0 Å². The zero-order valence-corrected chi connectivity index (χ0v) is 12.3. The summed E-state index contributed by atoms with van der Waals surface area (Å²) in [7, 11) is 0. The molecule has 0 fully saturated rings. The van der Waals surface area contributed by atoms with Crippen LogP contribution in [-0.2, 0) is 4.79 Å². The number of carbonyl (C=O) groups is 1. The van der Waals surface area contributed by atoms with Crippen LogP contribution in [0.5, 0.6) is 5.75 Å². The Morgan fingerprint density at radius 1 is 1.48 bits per heavy atom. The van der Waals surface area contributed by atoms with Gasteiger partial charge < -0.3 is 15.2 Å². The SMILES string of the molecule is CCOc1cccc(NC(CC(=O)O)C(C)C)c1[N+](=O)[O-]. The molecule has 2 N–H and O–H groups in total. The van der Waals surface area contributed by atoms with Gasteiger partial charge in [0.1, 0.15) is 5.69 Å². The van der Waals surface area contributed by atoms with Crippen molar-refractivity contribution in [2.24, 2.45) is 5.92 Å². The van der Waals surface area contributed by atoms with Crippen LogP contribution in [0.1, 0.15) is 27.2 Å². The van der Waals surface area contributed by atoms with Crippen molar-refractivity contribution < 1.29 is 19.6 Å². The Balaban J connectivity index is 3.13. The molecule has 0 aliphatic carbocycles. The van der Waals surface area contributed by atoms with Crippen molar-refractivity contribution in [1.82, 2.24) is 0 Å². The number of nitrogens with one attached hydrogen (secondary N) is 1. The highest BCUT2D eigenvalue weighted by Crippen LogP contribution is 2.35. The number of aliphatic carboxylic acids is 1. The second-order valence-corrected chi connectivity index (χ2v) is 4.94. The first-order valence-electron chi connectivity index (χ1n) is 6.75. The zero-order chi connectivity index (χ0) is 16.0. The topological polar surface area (TPSA) is 102 Å². The van der Waals surface area contributed by atoms with E-state index in [1.807, 2.05) is 13.8 Å². The normalized spacial score (nSPS) is 12.0. The Hall–Kier alpha value is -2.31. The van der Waals surface area contributed by atoms with Gasteiger partial charge in [-0.3, -0.25) is 14.9 Å². The van der Waals surface area contributed by atoms with E-state index in [1.54, 1.807) is 19.1 Å². The molecule has 0 saturated carbocycles. The third kappa shape index (κ3) is 4.62. The average Bonchev–Trinajstić information content (AvgIpc) is 2.37. The Kier molecular flexibility index (Phi) is 5.95. The molecule has 0 spiro atoms. The first-order chi connectivity index (χ1) is 9.86. The minimum absolute atomic E-state index is 0.0106. The van der Waals surface area contributed by atoms with E-state index in [0.717, 1.165) is 0 Å². The van der Waals surface area contributed by atoms with Crippen LogP contribution in [0.3, 0.4) is 0 Å². The molecule has 0 aliphatic rings. The second-order valence-electron chi connectivity index (χ2n) is 4.94. The summed E-state index contributed by atoms with van der Waals surface area (Å²) in [6.45, 7) is 5.77. The summed E-state index contributed by atoms with van der Waals surface area (Å²) >= 11 is 0. The van der Waals surface area contributed by atoms with Crippen molar-refractivity contribution in [3.8, 4) is 5.75 Å². The third-order valence-corrected chi connectivity index (χ3v) is 3.02. The molecule has 1 aromatic carbocycles. The highest BCUT2D eigenvalue weighted by atomic mass is 16.6. The van der Waals surface area contributed by atoms with E-state index in [2.05, 4.69) is 5.32 Å². The largest absolute Gasteiger partial charge is 0.487 e. The van der Waals surface area contributed by atoms with Crippen LogP contribution in [0, 0.1) is 16.0 Å². The molecule has 0 radical (unpaired) electrons. The number of rotatable bonds is 8. The quantitative estimate of drug-likeness (QED) is 0.565. The Bertz CT molecular complexity index is 516. The fourth-order valence-electron chi connectivity index (χ4n) is 1.94. The van der Waals surface area contributed by atoms with E-state index >= 15 is 0 Å². The van der Waals surface area contributed by atoms with Gasteiger partial charge in [-0.25, -0.2) is 0 Å². The molecule has 0 amide bonds. The summed E-state index contributed by atoms with van der Waals surface area (Å²) in [4.78, 5) is 21.6. The van der Waals surface area contributed by atoms with E-state index in [4.69, 9.17) is 9.84 Å². The first-order valence-corrected chi connectivity index (χ1v) is 6.75. The Morgan fingerprint density at radius 2 is 2.14 bits per heavy atom. The van der Waals surface area contributed by atoms with Crippen LogP contribution < -0.4 is 10.1 Å². The molecular formula is C14H20N2O5. The molecule has 1 unspecified atom stereocenters. The number of carboxylic acid groups (broad SMARTS) is 1. The number of ether oxygens (including phenoxy) is 1. The lowest BCUT2D eigenvalue weighted by Crippen LogP contribution is -2.28. The standard InChI is InChI=1S/C14H20N2O5/c1-4-21-12-7-5-6-10(14(12)16(19)20)15-11(9(2)3)8-13(17)18/h5-7,9,11,15H,4,8H2,1-3H3,(H,17,18). The van der Waals surface area contributed by atoms with E-state index < -0.39 is 16.9 Å². The van der Waals surface area contributed by atoms with Gasteiger partial charge in [0.15, 0.2) is 5.75 Å². The van der Waals surface area contributed by atoms with Crippen molar-refractivity contribution in [2.75, 3.05) is 11.9 Å². The van der Waals surface area contributed by atoms with Crippen LogP contribution in [0.2, 0.25) is 0 Å². The fourth-order valence-corrected chi connectivity index (χ4v) is 1.94. The first kappa shape index (κ1) is 16.7. The number of hydrogen-bond acceptors (Lipinski definition) is 5. The molecule has 0 aromatic heterocycles. The maximum Gasteiger partial charge on any atom is 0.333 e. The lowest BCUT2D eigenvalue weighted by molar-refractivity contribution is -0.385. The van der Waals surface area contributed by atoms with Crippen molar-refractivity contribution in [3.05, 3.63) is 28.3 Å². The zero-order valence-electron chi connectivity index (χ0n) is 12.3. The summed E-state index contributed by atoms with van der Waals surface area (Å²) in [5, 5.41) is 23.1. The summed E-state index contributed by atoms with van der Waals surface area (Å²) in [6.07, 6.45) is -0.117. The Morgan fingerprint density at radius 3 is 2.62 bits per heavy atom. The summed E-state index contributed by atoms with van der Waals surface area (Å²) in [5.74, 6) is -0.772. The Labute approximate surface area is 123 Å². The van der Waals surface area contributed by atoms with Gasteiger partial charge in [-0.05, 0) is 25.0 Å². The molecule has 1 aromatic rings. The molecule has 0 saturated heterocycles. The smallest absolute Gasteiger partial charge is 0.333 e. The summed E-state index contributed by atoms with van der Waals surface area (Å²) < 4.78 is 5.26. The van der Waals surface area contributed by atoms with Gasteiger partial charge in [0, 0.05) is 6.04 Å². The fraction of sp³-hybridized carbons (Fsp3) is 0.500. The van der Waals surface area contributed by atoms with Crippen molar-refractivity contribution in [2.45, 2.75) is 33.2 Å². The van der Waals surface area contributed by atoms with Crippen LogP contribution in [0.15, 0.2) is 18.2 Å². The maximum absolute atomic E-state index is 11.3. The third-order valence-electron chi connectivity index (χ3n) is 3.02. The lowest BCUT2D eigenvalue weighted by atomic mass is 10.0. The van der Waals surface area contributed by atoms with Crippen LogP contribution >= 0.6 is 0 Å². The molecule has 0 heterocycles. The molecule has 0 aliphatic heterocycles. The van der Waals surface area contributed by atoms with Crippen LogP contribution in [0.25, 0.3) is 0 Å². The molecule has 7 heteroatoms. The minimum atomic E-state index is -0.954. The number of carboxylic acids is 1. The monoisotopic (exact) mass is 296 g/mol. The van der Waals surface area contributed by atoms with Crippen LogP contribution in [0.4, 0.5) is 11.4 Å². The van der Waals surface area contributed by atoms with Crippen molar-refractivity contribution in [1.29, 1.82) is 0 Å². The van der Waals surface area contributed by atoms with E-state index in [-0.39, 0.29) is 29.5 Å². The van der Waals surface area contributed by atoms with Gasteiger partial charge in [-0.2, -0.15) is 0 Å². The van der Waals surface area contributed by atoms with Gasteiger partial charge in [0.2, 0.25) is 0 Å². The lowest BCUT2D eigenvalue weighted by Gasteiger charge is -2.22. The number of benzene rings is 1. The van der Waals surface area contributed by atoms with Crippen molar-refractivity contribution in [3.63, 3.8) is 0 Å². The predicted molar refractivity (Wildman–Crippen MR) is 78.8 cm³/mol. The average molecular weight is 296 g/mol. The van der Waals surface area contributed by atoms with Gasteiger partial charge in [-0.15, -0.1) is 0 Å². The number of nitro groups is 1. The second kappa shape index (κ2) is 7.47. The molecular weight excluding hydrogens is 276 g/mol. The van der Waals surface area contributed by atoms with E-state index in [9.17, 15) is 14.9 Å². The highest BCUT2D eigenvalue weighted by Gasteiger charge is 2.25. The van der Waals surface area contributed by atoms with Crippen LogP contribution in [-0.4, -0.2) is 28.6 Å². The molecule has 21 heavy (non-hydrogen) atoms. The number of anilines is 1. The molecule has 116 valence electrons. The number of hydrogen-bond donors (Lipinski definition) is 2. The molecule has 1 rings (SSSR count). The predicted octanol–water partition coefficient (Wildman–Crippen LogP) is 2.90.